The van der Waals surface area contributed by atoms with Crippen LogP contribution in [0, 0.1) is 31.6 Å². The second kappa shape index (κ2) is 12.8. The fourth-order valence-corrected chi connectivity index (χ4v) is 7.84. The van der Waals surface area contributed by atoms with E-state index in [2.05, 4.69) is 13.0 Å². The van der Waals surface area contributed by atoms with Gasteiger partial charge in [-0.1, -0.05) is 35.9 Å². The molecule has 3 heterocycles. The molecule has 2 aliphatic heterocycles. The summed E-state index contributed by atoms with van der Waals surface area (Å²) in [6.45, 7) is 6.43. The Balaban J connectivity index is 1.29. The summed E-state index contributed by atoms with van der Waals surface area (Å²) < 4.78 is 12.4. The van der Waals surface area contributed by atoms with Crippen molar-refractivity contribution in [2.75, 3.05) is 6.61 Å². The van der Waals surface area contributed by atoms with Gasteiger partial charge in [0.05, 0.1) is 24.5 Å². The molecular weight excluding hydrogens is 573 g/mol. The molecule has 1 aromatic heterocycles. The molecule has 2 saturated heterocycles. The molecule has 0 unspecified atom stereocenters. The largest absolute Gasteiger partial charge is 0.507 e. The maximum atomic E-state index is 13.9. The van der Waals surface area contributed by atoms with Crippen LogP contribution in [0.1, 0.15) is 47.8 Å². The van der Waals surface area contributed by atoms with Crippen molar-refractivity contribution in [3.8, 4) is 11.5 Å². The van der Waals surface area contributed by atoms with E-state index < -0.39 is 25.1 Å². The van der Waals surface area contributed by atoms with E-state index in [1.54, 1.807) is 0 Å². The molecular formula is C35H38BNO6S. The second-order valence-corrected chi connectivity index (χ2v) is 13.3. The number of nitrogens with zero attached hydrogens (tertiary/aromatic N) is 1. The predicted molar refractivity (Wildman–Crippen MR) is 172 cm³/mol. The highest BCUT2D eigenvalue weighted by Crippen LogP contribution is 2.51. The van der Waals surface area contributed by atoms with Crippen molar-refractivity contribution in [3.05, 3.63) is 98.3 Å². The van der Waals surface area contributed by atoms with Gasteiger partial charge in [-0.25, -0.2) is 0 Å². The minimum atomic E-state index is -1.02. The molecule has 44 heavy (non-hydrogen) atoms. The zero-order chi connectivity index (χ0) is 31.0. The van der Waals surface area contributed by atoms with E-state index in [1.165, 1.54) is 16.2 Å². The number of hydrogen-bond acceptors (Lipinski definition) is 7. The van der Waals surface area contributed by atoms with Crippen LogP contribution in [0.15, 0.2) is 76.7 Å². The summed E-state index contributed by atoms with van der Waals surface area (Å²) in [4.78, 5) is 30.0. The predicted octanol–water partition coefficient (Wildman–Crippen LogP) is 6.33. The Morgan fingerprint density at radius 2 is 1.84 bits per heavy atom. The number of hydrogen-bond donors (Lipinski definition) is 2. The van der Waals surface area contributed by atoms with E-state index in [4.69, 9.17) is 9.39 Å². The van der Waals surface area contributed by atoms with Crippen LogP contribution in [0.3, 0.4) is 0 Å². The molecule has 0 radical (unpaired) electrons. The molecule has 6 rings (SSSR count). The zero-order valence-electron chi connectivity index (χ0n) is 25.4. The molecule has 9 heteroatoms. The zero-order valence-corrected chi connectivity index (χ0v) is 26.2. The van der Waals surface area contributed by atoms with Crippen LogP contribution >= 0.6 is 11.3 Å². The summed E-state index contributed by atoms with van der Waals surface area (Å²) in [7, 11) is -1.02. The van der Waals surface area contributed by atoms with Crippen molar-refractivity contribution in [2.24, 2.45) is 17.8 Å². The van der Waals surface area contributed by atoms with Crippen LogP contribution in [0.2, 0.25) is 6.32 Å². The fourth-order valence-electron chi connectivity index (χ4n) is 7.15. The number of allylic oxidation sites excluding steroid dienone is 1. The maximum Gasteiger partial charge on any atom is 0.455 e. The molecule has 228 valence electrons. The number of aryl methyl sites for hydroxylation is 2. The Morgan fingerprint density at radius 1 is 1.09 bits per heavy atom. The Bertz CT molecular complexity index is 1580. The van der Waals surface area contributed by atoms with Gasteiger partial charge in [0.15, 0.2) is 0 Å². The molecule has 4 atom stereocenters. The first kappa shape index (κ1) is 30.4. The number of phenolic OH excluding ortho intramolecular Hbond substituents is 1. The maximum absolute atomic E-state index is 13.9. The molecule has 2 N–H and O–H groups in total. The monoisotopic (exact) mass is 611 g/mol. The van der Waals surface area contributed by atoms with Crippen molar-refractivity contribution in [1.82, 2.24) is 4.90 Å². The molecule has 0 spiro atoms. The van der Waals surface area contributed by atoms with Crippen molar-refractivity contribution in [1.29, 1.82) is 0 Å². The number of ether oxygens (including phenoxy) is 1. The number of imide groups is 1. The minimum absolute atomic E-state index is 0.138. The number of aromatic hydroxyl groups is 1. The van der Waals surface area contributed by atoms with Crippen LogP contribution in [0.4, 0.5) is 0 Å². The third-order valence-electron chi connectivity index (χ3n) is 9.18. The van der Waals surface area contributed by atoms with Gasteiger partial charge in [0.25, 0.3) is 0 Å². The van der Waals surface area contributed by atoms with E-state index in [9.17, 15) is 19.7 Å². The van der Waals surface area contributed by atoms with Gasteiger partial charge in [0, 0.05) is 4.88 Å². The summed E-state index contributed by atoms with van der Waals surface area (Å²) in [5.74, 6) is -0.524. The number of amides is 2. The quantitative estimate of drug-likeness (QED) is 0.167. The fraction of sp³-hybridized carbons (Fsp3) is 0.371. The molecule has 0 bridgehead atoms. The van der Waals surface area contributed by atoms with Crippen LogP contribution in [0.5, 0.6) is 11.5 Å². The Labute approximate surface area is 263 Å². The van der Waals surface area contributed by atoms with Crippen molar-refractivity contribution >= 4 is 36.3 Å². The molecule has 2 aromatic carbocycles. The lowest BCUT2D eigenvalue weighted by Gasteiger charge is -2.43. The Kier molecular flexibility index (Phi) is 8.81. The molecule has 7 nitrogen and oxygen atoms in total. The molecule has 2 fully saturated rings. The normalized spacial score (nSPS) is 23.7. The van der Waals surface area contributed by atoms with Gasteiger partial charge < -0.3 is 19.5 Å². The van der Waals surface area contributed by atoms with Crippen LogP contribution < -0.4 is 4.74 Å². The first-order chi connectivity index (χ1) is 21.2. The van der Waals surface area contributed by atoms with Gasteiger partial charge in [0.1, 0.15) is 18.1 Å². The van der Waals surface area contributed by atoms with Crippen molar-refractivity contribution < 1.29 is 29.1 Å². The third-order valence-corrected chi connectivity index (χ3v) is 10.0. The second-order valence-electron chi connectivity index (χ2n) is 12.3. The number of carbonyl (C=O) groups is 2. The van der Waals surface area contributed by atoms with E-state index in [-0.39, 0.29) is 30.6 Å². The van der Waals surface area contributed by atoms with E-state index >= 15 is 0 Å². The number of phenols is 1. The van der Waals surface area contributed by atoms with Crippen LogP contribution in [-0.4, -0.2) is 46.7 Å². The average molecular weight is 612 g/mol. The van der Waals surface area contributed by atoms with E-state index in [1.807, 2.05) is 73.8 Å². The lowest BCUT2D eigenvalue weighted by molar-refractivity contribution is -0.140. The summed E-state index contributed by atoms with van der Waals surface area (Å²) in [6.07, 6.45) is 3.75. The van der Waals surface area contributed by atoms with Gasteiger partial charge in [-0.2, -0.15) is 0 Å². The summed E-state index contributed by atoms with van der Waals surface area (Å²) in [6, 6.07) is 17.4. The highest BCUT2D eigenvalue weighted by atomic mass is 32.1. The lowest BCUT2D eigenvalue weighted by atomic mass is 9.58. The van der Waals surface area contributed by atoms with Crippen molar-refractivity contribution in [3.63, 3.8) is 0 Å². The first-order valence-corrected chi connectivity index (χ1v) is 16.2. The molecule has 2 amide bonds. The third kappa shape index (κ3) is 6.14. The SMILES string of the molecule is C/C(=C\c1cc(C)c(O)c(C)c1)CC[C@H]1OB(O)C[C@H]2C1=C(COc1ccccc1)C[C@H]1C(=O)N(Cc3cccs3)C(=O)[C@H]12. The summed E-state index contributed by atoms with van der Waals surface area (Å²) >= 11 is 1.53. The lowest BCUT2D eigenvalue weighted by Crippen LogP contribution is -2.46. The minimum Gasteiger partial charge on any atom is -0.507 e. The van der Waals surface area contributed by atoms with Gasteiger partial charge in [0.2, 0.25) is 11.8 Å². The Morgan fingerprint density at radius 3 is 2.55 bits per heavy atom. The van der Waals surface area contributed by atoms with Gasteiger partial charge in [-0.05, 0) is 116 Å². The smallest absolute Gasteiger partial charge is 0.455 e. The molecule has 3 aromatic rings. The highest BCUT2D eigenvalue weighted by Gasteiger charge is 2.57. The number of fused-ring (bicyclic) bond motifs is 3. The number of thiophene rings is 1. The standard InChI is InChI=1S/C35H38BNO6S/c1-21(14-24-15-22(2)33(38)23(3)16-24)11-12-30-31-25(20-42-26-8-5-4-6-9-26)17-28-32(29(31)18-36(41)43-30)35(40)37(34(28)39)19-27-10-7-13-44-27/h4-10,13-16,28-30,32,38,41H,11-12,17-20H2,1-3H3/b21-14+/t28-,29+,30-,32-/m1/s1. The number of para-hydroxylation sites is 1. The number of benzene rings is 2. The van der Waals surface area contributed by atoms with Crippen molar-refractivity contribution in [2.45, 2.75) is 59.0 Å². The first-order valence-electron chi connectivity index (χ1n) is 15.3. The molecule has 1 aliphatic carbocycles. The van der Waals surface area contributed by atoms with Crippen LogP contribution in [-0.2, 0) is 20.8 Å². The van der Waals surface area contributed by atoms with E-state index in [0.717, 1.165) is 44.0 Å². The van der Waals surface area contributed by atoms with Gasteiger partial charge in [-0.15, -0.1) is 11.3 Å². The van der Waals surface area contributed by atoms with Gasteiger partial charge >= 0.3 is 7.12 Å². The summed E-state index contributed by atoms with van der Waals surface area (Å²) in [5.41, 5.74) is 5.83. The van der Waals surface area contributed by atoms with Crippen LogP contribution in [0.25, 0.3) is 6.08 Å². The topological polar surface area (TPSA) is 96.3 Å². The average Bonchev–Trinajstić information content (AvgIpc) is 3.60. The van der Waals surface area contributed by atoms with Gasteiger partial charge in [-0.3, -0.25) is 14.5 Å². The van der Waals surface area contributed by atoms with E-state index in [0.29, 0.717) is 31.6 Å². The molecule has 3 aliphatic rings. The number of rotatable bonds is 9. The molecule has 0 saturated carbocycles. The Hall–Kier alpha value is -3.66. The number of carbonyl (C=O) groups excluding carboxylic acids is 2. The number of likely N-dealkylation sites (tertiary alicyclic amines) is 1. The summed E-state index contributed by atoms with van der Waals surface area (Å²) in [5, 5.41) is 23.0. The highest BCUT2D eigenvalue weighted by molar-refractivity contribution is 7.09.